The number of nitrogens with zero attached hydrogens (tertiary/aromatic N) is 3. The van der Waals surface area contributed by atoms with E-state index < -0.39 is 34.2 Å². The molecule has 0 saturated carbocycles. The molecule has 1 saturated heterocycles. The molecule has 256 valence electrons. The van der Waals surface area contributed by atoms with Crippen LogP contribution in [-0.2, 0) is 27.9 Å². The molecule has 9 nitrogen and oxygen atoms in total. The van der Waals surface area contributed by atoms with Crippen LogP contribution in [0.3, 0.4) is 0 Å². The highest BCUT2D eigenvalue weighted by Gasteiger charge is 2.30. The Morgan fingerprint density at radius 2 is 1.28 bits per heavy atom. The fourth-order valence-corrected chi connectivity index (χ4v) is 7.56. The Balaban J connectivity index is 1.33. The third-order valence-electron chi connectivity index (χ3n) is 8.93. The van der Waals surface area contributed by atoms with Gasteiger partial charge in [0.05, 0.1) is 18.0 Å². The molecule has 5 aromatic carbocycles. The first kappa shape index (κ1) is 34.4. The molecule has 50 heavy (non-hydrogen) atoms. The van der Waals surface area contributed by atoms with E-state index in [2.05, 4.69) is 4.90 Å². The molecule has 1 aliphatic heterocycles. The zero-order valence-electron chi connectivity index (χ0n) is 27.6. The number of carbonyl (C=O) groups is 2. The minimum atomic E-state index is -4.18. The molecule has 1 amide bonds. The average molecular weight is 690 g/mol. The SMILES string of the molecule is O=C(O)c1cc(N(Cc2ccc(N3CCCCC3)cc2)C(=O)CN(Cc2ccccc2)S(=O)(=O)c2ccc(-c3ccccc3)cc2)ccc1O. The van der Waals surface area contributed by atoms with Gasteiger partial charge in [0.15, 0.2) is 0 Å². The summed E-state index contributed by atoms with van der Waals surface area (Å²) >= 11 is 0. The summed E-state index contributed by atoms with van der Waals surface area (Å²) in [5.74, 6) is -2.35. The lowest BCUT2D eigenvalue weighted by molar-refractivity contribution is -0.119. The summed E-state index contributed by atoms with van der Waals surface area (Å²) in [7, 11) is -4.18. The van der Waals surface area contributed by atoms with Crippen molar-refractivity contribution in [2.24, 2.45) is 0 Å². The Morgan fingerprint density at radius 1 is 0.680 bits per heavy atom. The van der Waals surface area contributed by atoms with Crippen LogP contribution in [0.1, 0.15) is 40.7 Å². The average Bonchev–Trinajstić information content (AvgIpc) is 3.15. The fraction of sp³-hybridized carbons (Fsp3) is 0.200. The summed E-state index contributed by atoms with van der Waals surface area (Å²) in [5, 5.41) is 20.0. The molecular weight excluding hydrogens is 651 g/mol. The first-order chi connectivity index (χ1) is 24.2. The van der Waals surface area contributed by atoms with Crippen LogP contribution in [0.2, 0.25) is 0 Å². The second-order valence-electron chi connectivity index (χ2n) is 12.3. The normalized spacial score (nSPS) is 13.3. The van der Waals surface area contributed by atoms with Crippen molar-refractivity contribution in [3.8, 4) is 16.9 Å². The van der Waals surface area contributed by atoms with E-state index in [1.165, 1.54) is 29.5 Å². The maximum Gasteiger partial charge on any atom is 0.339 e. The van der Waals surface area contributed by atoms with Gasteiger partial charge in [0, 0.05) is 31.0 Å². The number of hydrogen-bond acceptors (Lipinski definition) is 6. The molecule has 10 heteroatoms. The number of aromatic carboxylic acids is 1. The van der Waals surface area contributed by atoms with Gasteiger partial charge in [0.1, 0.15) is 11.3 Å². The van der Waals surface area contributed by atoms with Crippen LogP contribution in [0.5, 0.6) is 5.75 Å². The Labute approximate surface area is 292 Å². The van der Waals surface area contributed by atoms with Gasteiger partial charge in [0.25, 0.3) is 0 Å². The summed E-state index contributed by atoms with van der Waals surface area (Å²) in [6.07, 6.45) is 3.49. The summed E-state index contributed by atoms with van der Waals surface area (Å²) in [6.45, 7) is 1.43. The minimum Gasteiger partial charge on any atom is -0.507 e. The third-order valence-corrected chi connectivity index (χ3v) is 10.7. The Bertz CT molecular complexity index is 2030. The third kappa shape index (κ3) is 8.05. The van der Waals surface area contributed by atoms with Gasteiger partial charge >= 0.3 is 5.97 Å². The van der Waals surface area contributed by atoms with Gasteiger partial charge in [0.2, 0.25) is 15.9 Å². The smallest absolute Gasteiger partial charge is 0.339 e. The van der Waals surface area contributed by atoms with Crippen LogP contribution in [0.25, 0.3) is 11.1 Å². The Morgan fingerprint density at radius 3 is 1.92 bits per heavy atom. The molecule has 0 spiro atoms. The number of benzene rings is 5. The van der Waals surface area contributed by atoms with E-state index >= 15 is 0 Å². The van der Waals surface area contributed by atoms with Crippen molar-refractivity contribution < 1.29 is 28.2 Å². The topological polar surface area (TPSA) is 118 Å². The van der Waals surface area contributed by atoms with Gasteiger partial charge in [-0.25, -0.2) is 13.2 Å². The molecule has 2 N–H and O–H groups in total. The van der Waals surface area contributed by atoms with Gasteiger partial charge < -0.3 is 20.0 Å². The van der Waals surface area contributed by atoms with Crippen LogP contribution < -0.4 is 9.80 Å². The van der Waals surface area contributed by atoms with Gasteiger partial charge in [-0.15, -0.1) is 0 Å². The quantitative estimate of drug-likeness (QED) is 0.143. The molecule has 1 aliphatic rings. The van der Waals surface area contributed by atoms with E-state index in [1.54, 1.807) is 48.5 Å². The fourth-order valence-electron chi connectivity index (χ4n) is 6.18. The second kappa shape index (κ2) is 15.4. The molecule has 0 atom stereocenters. The van der Waals surface area contributed by atoms with Gasteiger partial charge in [-0.05, 0) is 84.0 Å². The van der Waals surface area contributed by atoms with Crippen molar-refractivity contribution in [3.05, 3.63) is 144 Å². The van der Waals surface area contributed by atoms with E-state index in [0.717, 1.165) is 52.6 Å². The Kier molecular flexibility index (Phi) is 10.6. The number of rotatable bonds is 12. The molecule has 1 fully saturated rings. The number of piperidine rings is 1. The standard InChI is InChI=1S/C40H39N3O6S/c44-38-23-20-35(26-37(38)40(46)47)43(28-31-14-18-34(19-15-31)41-24-8-3-9-25-41)39(45)29-42(27-30-10-4-1-5-11-30)50(48,49)36-21-16-33(17-22-36)32-12-6-2-7-13-32/h1-2,4-7,10-23,26,44H,3,8-9,24-25,27-29H2,(H,46,47). The second-order valence-corrected chi connectivity index (χ2v) is 14.3. The van der Waals surface area contributed by atoms with Crippen LogP contribution in [0.15, 0.2) is 132 Å². The monoisotopic (exact) mass is 689 g/mol. The highest BCUT2D eigenvalue weighted by molar-refractivity contribution is 7.89. The molecule has 0 aromatic heterocycles. The Hall–Kier alpha value is -5.45. The lowest BCUT2D eigenvalue weighted by Crippen LogP contribution is -2.42. The van der Waals surface area contributed by atoms with Crippen molar-refractivity contribution in [1.29, 1.82) is 0 Å². The van der Waals surface area contributed by atoms with Gasteiger partial charge in [-0.2, -0.15) is 4.31 Å². The van der Waals surface area contributed by atoms with E-state index in [9.17, 15) is 28.2 Å². The van der Waals surface area contributed by atoms with Crippen LogP contribution in [0.4, 0.5) is 11.4 Å². The predicted octanol–water partition coefficient (Wildman–Crippen LogP) is 7.17. The largest absolute Gasteiger partial charge is 0.507 e. The number of sulfonamides is 1. The predicted molar refractivity (Wildman–Crippen MR) is 195 cm³/mol. The molecular formula is C40H39N3O6S. The van der Waals surface area contributed by atoms with E-state index in [0.29, 0.717) is 5.56 Å². The van der Waals surface area contributed by atoms with Crippen molar-refractivity contribution in [1.82, 2.24) is 4.31 Å². The number of carboxylic acids is 1. The molecule has 0 aliphatic carbocycles. The first-order valence-corrected chi connectivity index (χ1v) is 18.0. The lowest BCUT2D eigenvalue weighted by Gasteiger charge is -2.30. The molecule has 0 bridgehead atoms. The molecule has 0 unspecified atom stereocenters. The number of anilines is 2. The van der Waals surface area contributed by atoms with Crippen LogP contribution >= 0.6 is 0 Å². The minimum absolute atomic E-state index is 0.0403. The van der Waals surface area contributed by atoms with Gasteiger partial charge in [-0.3, -0.25) is 4.79 Å². The van der Waals surface area contributed by atoms with E-state index in [-0.39, 0.29) is 29.2 Å². The van der Waals surface area contributed by atoms with Crippen molar-refractivity contribution >= 4 is 33.3 Å². The highest BCUT2D eigenvalue weighted by Crippen LogP contribution is 2.29. The van der Waals surface area contributed by atoms with E-state index in [1.807, 2.05) is 60.7 Å². The van der Waals surface area contributed by atoms with Gasteiger partial charge in [-0.1, -0.05) is 84.9 Å². The number of carboxylic acid groups (broad SMARTS) is 1. The van der Waals surface area contributed by atoms with Crippen molar-refractivity contribution in [3.63, 3.8) is 0 Å². The molecule has 5 aromatic rings. The number of amides is 1. The zero-order chi connectivity index (χ0) is 35.1. The summed E-state index contributed by atoms with van der Waals surface area (Å²) in [5.41, 5.74) is 4.21. The number of hydrogen-bond donors (Lipinski definition) is 2. The summed E-state index contributed by atoms with van der Waals surface area (Å²) < 4.78 is 29.7. The highest BCUT2D eigenvalue weighted by atomic mass is 32.2. The maximum atomic E-state index is 14.3. The van der Waals surface area contributed by atoms with Crippen molar-refractivity contribution in [2.75, 3.05) is 29.4 Å². The lowest BCUT2D eigenvalue weighted by atomic mass is 10.1. The first-order valence-electron chi connectivity index (χ1n) is 16.6. The summed E-state index contributed by atoms with van der Waals surface area (Å²) in [4.78, 5) is 30.0. The number of carbonyl (C=O) groups excluding carboxylic acids is 1. The number of phenols is 1. The molecule has 6 rings (SSSR count). The maximum absolute atomic E-state index is 14.3. The summed E-state index contributed by atoms with van der Waals surface area (Å²) in [6, 6.07) is 37.0. The molecule has 0 radical (unpaired) electrons. The van der Waals surface area contributed by atoms with Crippen LogP contribution in [-0.4, -0.2) is 54.4 Å². The van der Waals surface area contributed by atoms with Crippen LogP contribution in [0, 0.1) is 0 Å². The van der Waals surface area contributed by atoms with Crippen molar-refractivity contribution in [2.45, 2.75) is 37.2 Å². The zero-order valence-corrected chi connectivity index (χ0v) is 28.4. The number of aromatic hydroxyl groups is 1. The molecule has 1 heterocycles. The van der Waals surface area contributed by atoms with E-state index in [4.69, 9.17) is 0 Å².